The Balaban J connectivity index is 2.35. The molecule has 0 fully saturated rings. The van der Waals surface area contributed by atoms with Gasteiger partial charge >= 0.3 is 0 Å². The van der Waals surface area contributed by atoms with Crippen LogP contribution in [0.4, 0.5) is 0 Å². The lowest BCUT2D eigenvalue weighted by molar-refractivity contribution is 0.103. The first-order chi connectivity index (χ1) is 8.74. The van der Waals surface area contributed by atoms with Gasteiger partial charge < -0.3 is 0 Å². The minimum Gasteiger partial charge on any atom is -0.289 e. The van der Waals surface area contributed by atoms with Gasteiger partial charge in [-0.15, -0.1) is 0 Å². The quantitative estimate of drug-likeness (QED) is 0.717. The Morgan fingerprint density at radius 1 is 1.06 bits per heavy atom. The van der Waals surface area contributed by atoms with Crippen molar-refractivity contribution in [2.75, 3.05) is 0 Å². The van der Waals surface area contributed by atoms with E-state index in [0.29, 0.717) is 0 Å². The van der Waals surface area contributed by atoms with Crippen molar-refractivity contribution in [2.45, 2.75) is 13.8 Å². The van der Waals surface area contributed by atoms with E-state index in [1.165, 1.54) is 0 Å². The monoisotopic (exact) mass is 234 g/mol. The number of hydrogen-bond donors (Lipinski definition) is 0. The van der Waals surface area contributed by atoms with Crippen molar-refractivity contribution in [2.24, 2.45) is 0 Å². The summed E-state index contributed by atoms with van der Waals surface area (Å²) in [5.74, 6) is 0.166. The van der Waals surface area contributed by atoms with Gasteiger partial charge in [0.2, 0.25) is 0 Å². The Bertz CT molecular complexity index is 674. The van der Waals surface area contributed by atoms with Crippen LogP contribution in [0.15, 0.2) is 54.1 Å². The lowest BCUT2D eigenvalue weighted by atomic mass is 10.0. The first kappa shape index (κ1) is 11.0. The van der Waals surface area contributed by atoms with Crippen molar-refractivity contribution in [1.82, 2.24) is 0 Å². The van der Waals surface area contributed by atoms with Crippen molar-refractivity contribution >= 4 is 11.4 Å². The first-order valence-corrected chi connectivity index (χ1v) is 6.14. The number of ketones is 1. The lowest BCUT2D eigenvalue weighted by Crippen LogP contribution is -1.95. The van der Waals surface area contributed by atoms with Gasteiger partial charge in [-0.2, -0.15) is 0 Å². The van der Waals surface area contributed by atoms with Crippen molar-refractivity contribution in [3.8, 4) is 11.1 Å². The van der Waals surface area contributed by atoms with E-state index in [0.717, 1.165) is 33.4 Å². The molecule has 1 heteroatoms. The molecule has 0 unspecified atom stereocenters. The standard InChI is InChI=1S/C17H14O/c1-3-7-13-11(2)17(18)16-14-9-6-4-5-8-12(14)10-15(13)16/h3-10H,1-2H3/b7-3-. The van der Waals surface area contributed by atoms with Crippen molar-refractivity contribution < 1.29 is 4.79 Å². The fourth-order valence-corrected chi connectivity index (χ4v) is 2.64. The average Bonchev–Trinajstić information content (AvgIpc) is 2.70. The summed E-state index contributed by atoms with van der Waals surface area (Å²) in [7, 11) is 0. The van der Waals surface area contributed by atoms with Crippen LogP contribution in [0, 0.1) is 0 Å². The molecule has 3 aliphatic rings. The number of hydrogen-bond acceptors (Lipinski definition) is 1. The third-order valence-corrected chi connectivity index (χ3v) is 3.51. The van der Waals surface area contributed by atoms with Crippen LogP contribution in [0.1, 0.15) is 29.8 Å². The number of rotatable bonds is 1. The molecule has 18 heavy (non-hydrogen) atoms. The highest BCUT2D eigenvalue weighted by molar-refractivity contribution is 6.25. The molecular formula is C17H14O. The van der Waals surface area contributed by atoms with E-state index in [1.54, 1.807) is 0 Å². The SMILES string of the molecule is C/C=C\C1=C(C)C(=O)c2c1cc1cccccc2-1. The molecule has 88 valence electrons. The summed E-state index contributed by atoms with van der Waals surface area (Å²) in [6.07, 6.45) is 4.01. The van der Waals surface area contributed by atoms with Crippen molar-refractivity contribution in [1.29, 1.82) is 0 Å². The van der Waals surface area contributed by atoms with Crippen LogP contribution in [0.5, 0.6) is 0 Å². The third-order valence-electron chi connectivity index (χ3n) is 3.51. The molecule has 0 aliphatic heterocycles. The molecule has 0 aromatic heterocycles. The topological polar surface area (TPSA) is 17.1 Å². The molecule has 0 saturated heterocycles. The molecule has 0 radical (unpaired) electrons. The van der Waals surface area contributed by atoms with Crippen LogP contribution in [-0.2, 0) is 0 Å². The minimum atomic E-state index is 0.166. The fourth-order valence-electron chi connectivity index (χ4n) is 2.64. The molecule has 0 aromatic rings. The highest BCUT2D eigenvalue weighted by Gasteiger charge is 2.30. The molecule has 0 saturated carbocycles. The Morgan fingerprint density at radius 2 is 1.83 bits per heavy atom. The molecule has 0 bridgehead atoms. The highest BCUT2D eigenvalue weighted by atomic mass is 16.1. The second kappa shape index (κ2) is 3.95. The van der Waals surface area contributed by atoms with Crippen LogP contribution in [0.3, 0.4) is 0 Å². The minimum absolute atomic E-state index is 0.166. The van der Waals surface area contributed by atoms with Crippen LogP contribution in [0.2, 0.25) is 0 Å². The molecule has 3 aliphatic carbocycles. The van der Waals surface area contributed by atoms with E-state index in [9.17, 15) is 4.79 Å². The Morgan fingerprint density at radius 3 is 2.61 bits per heavy atom. The predicted molar refractivity (Wildman–Crippen MR) is 74.8 cm³/mol. The van der Waals surface area contributed by atoms with Crippen molar-refractivity contribution in [3.63, 3.8) is 0 Å². The van der Waals surface area contributed by atoms with Crippen LogP contribution in [-0.4, -0.2) is 5.78 Å². The van der Waals surface area contributed by atoms with Crippen LogP contribution >= 0.6 is 0 Å². The largest absolute Gasteiger partial charge is 0.289 e. The van der Waals surface area contributed by atoms with Gasteiger partial charge in [0.25, 0.3) is 0 Å². The fraction of sp³-hybridized carbons (Fsp3) is 0.118. The van der Waals surface area contributed by atoms with E-state index in [1.807, 2.05) is 50.3 Å². The van der Waals surface area contributed by atoms with E-state index in [2.05, 4.69) is 12.1 Å². The van der Waals surface area contributed by atoms with Gasteiger partial charge in [0.15, 0.2) is 5.78 Å². The van der Waals surface area contributed by atoms with Gasteiger partial charge in [-0.1, -0.05) is 42.5 Å². The zero-order chi connectivity index (χ0) is 12.7. The number of carbonyl (C=O) groups excluding carboxylic acids is 1. The molecule has 0 N–H and O–H groups in total. The zero-order valence-corrected chi connectivity index (χ0v) is 10.5. The smallest absolute Gasteiger partial charge is 0.190 e. The molecular weight excluding hydrogens is 220 g/mol. The second-order valence-electron chi connectivity index (χ2n) is 4.58. The van der Waals surface area contributed by atoms with E-state index in [-0.39, 0.29) is 5.78 Å². The van der Waals surface area contributed by atoms with Gasteiger partial charge in [0, 0.05) is 11.1 Å². The maximum Gasteiger partial charge on any atom is 0.190 e. The maximum atomic E-state index is 12.4. The summed E-state index contributed by atoms with van der Waals surface area (Å²) in [6.45, 7) is 3.89. The molecule has 1 nitrogen and oxygen atoms in total. The normalized spacial score (nSPS) is 14.9. The zero-order valence-electron chi connectivity index (χ0n) is 10.5. The summed E-state index contributed by atoms with van der Waals surface area (Å²) in [6, 6.07) is 12.2. The van der Waals surface area contributed by atoms with Gasteiger partial charge in [-0.05, 0) is 42.2 Å². The van der Waals surface area contributed by atoms with Crippen LogP contribution in [0.25, 0.3) is 16.7 Å². The summed E-state index contributed by atoms with van der Waals surface area (Å²) in [4.78, 5) is 12.4. The second-order valence-corrected chi connectivity index (χ2v) is 4.58. The molecule has 0 spiro atoms. The Kier molecular flexibility index (Phi) is 2.41. The van der Waals surface area contributed by atoms with E-state index < -0.39 is 0 Å². The number of carbonyl (C=O) groups is 1. The van der Waals surface area contributed by atoms with Gasteiger partial charge in [0.05, 0.1) is 0 Å². The molecule has 0 atom stereocenters. The molecule has 3 rings (SSSR count). The van der Waals surface area contributed by atoms with Crippen LogP contribution < -0.4 is 0 Å². The van der Waals surface area contributed by atoms with Gasteiger partial charge in [0.1, 0.15) is 0 Å². The predicted octanol–water partition coefficient (Wildman–Crippen LogP) is 4.34. The van der Waals surface area contributed by atoms with E-state index >= 15 is 0 Å². The lowest BCUT2D eigenvalue weighted by Gasteiger charge is -1.97. The third kappa shape index (κ3) is 1.37. The highest BCUT2D eigenvalue weighted by Crippen LogP contribution is 2.42. The van der Waals surface area contributed by atoms with Gasteiger partial charge in [-0.25, -0.2) is 0 Å². The summed E-state index contributed by atoms with van der Waals surface area (Å²) < 4.78 is 0. The summed E-state index contributed by atoms with van der Waals surface area (Å²) >= 11 is 0. The summed E-state index contributed by atoms with van der Waals surface area (Å²) in [5.41, 5.74) is 6.05. The molecule has 0 heterocycles. The molecule has 0 aromatic carbocycles. The average molecular weight is 234 g/mol. The molecule has 0 amide bonds. The number of Topliss-reactive ketones (excluding diaryl/α,β-unsaturated/α-hetero) is 1. The van der Waals surface area contributed by atoms with Gasteiger partial charge in [-0.3, -0.25) is 4.79 Å². The number of allylic oxidation sites excluding steroid dienone is 4. The Hall–Kier alpha value is -2.15. The first-order valence-electron chi connectivity index (χ1n) is 6.14. The Labute approximate surface area is 107 Å². The maximum absolute atomic E-state index is 12.4. The van der Waals surface area contributed by atoms with E-state index in [4.69, 9.17) is 0 Å². The van der Waals surface area contributed by atoms with Crippen molar-refractivity contribution in [3.05, 3.63) is 65.3 Å². The summed E-state index contributed by atoms with van der Waals surface area (Å²) in [5, 5.41) is 0. The number of fused-ring (bicyclic) bond motifs is 3.